The zero-order chi connectivity index (χ0) is 15.7. The first-order valence-electron chi connectivity index (χ1n) is 7.92. The molecule has 1 amide bonds. The highest BCUT2D eigenvalue weighted by Gasteiger charge is 2.46. The van der Waals surface area contributed by atoms with Crippen molar-refractivity contribution in [3.05, 3.63) is 17.5 Å². The van der Waals surface area contributed by atoms with Crippen molar-refractivity contribution >= 4 is 11.7 Å². The number of rotatable bonds is 3. The van der Waals surface area contributed by atoms with Gasteiger partial charge in [0, 0.05) is 25.6 Å². The topological polar surface area (TPSA) is 72.6 Å². The number of ketones is 1. The standard InChI is InChI=1S/C16H22N2O4/c1-11(2)8-12-9-13(22-17-12)15(20)18-6-5-16(14(19)10-18)4-3-7-21-16/h9,11H,3-8,10H2,1-2H3/t16-/m0/s1. The lowest BCUT2D eigenvalue weighted by atomic mass is 9.87. The molecular weight excluding hydrogens is 284 g/mol. The molecule has 6 nitrogen and oxygen atoms in total. The van der Waals surface area contributed by atoms with Gasteiger partial charge >= 0.3 is 0 Å². The van der Waals surface area contributed by atoms with Gasteiger partial charge in [0.2, 0.25) is 5.76 Å². The minimum atomic E-state index is -0.638. The van der Waals surface area contributed by atoms with Crippen LogP contribution in [0.15, 0.2) is 10.6 Å². The fourth-order valence-electron chi connectivity index (χ4n) is 3.22. The molecule has 120 valence electrons. The van der Waals surface area contributed by atoms with Gasteiger partial charge in [0.15, 0.2) is 5.78 Å². The van der Waals surface area contributed by atoms with E-state index in [2.05, 4.69) is 19.0 Å². The number of amides is 1. The van der Waals surface area contributed by atoms with Gasteiger partial charge in [-0.05, 0) is 25.2 Å². The van der Waals surface area contributed by atoms with E-state index < -0.39 is 5.60 Å². The third-order valence-corrected chi connectivity index (χ3v) is 4.41. The number of carbonyl (C=O) groups excluding carboxylic acids is 2. The number of aromatic nitrogens is 1. The highest BCUT2D eigenvalue weighted by Crippen LogP contribution is 2.33. The Bertz CT molecular complexity index is 572. The first kappa shape index (κ1) is 15.2. The molecule has 0 bridgehead atoms. The highest BCUT2D eigenvalue weighted by molar-refractivity contribution is 5.98. The van der Waals surface area contributed by atoms with Crippen LogP contribution < -0.4 is 0 Å². The summed E-state index contributed by atoms with van der Waals surface area (Å²) < 4.78 is 10.8. The van der Waals surface area contributed by atoms with E-state index in [4.69, 9.17) is 9.26 Å². The molecule has 2 aliphatic rings. The Morgan fingerprint density at radius 2 is 2.27 bits per heavy atom. The summed E-state index contributed by atoms with van der Waals surface area (Å²) in [7, 11) is 0. The second-order valence-electron chi connectivity index (χ2n) is 6.63. The first-order valence-corrected chi connectivity index (χ1v) is 7.92. The van der Waals surface area contributed by atoms with Crippen LogP contribution in [0.5, 0.6) is 0 Å². The number of likely N-dealkylation sites (tertiary alicyclic amines) is 1. The summed E-state index contributed by atoms with van der Waals surface area (Å²) in [5, 5.41) is 3.93. The van der Waals surface area contributed by atoms with Crippen molar-refractivity contribution in [1.82, 2.24) is 10.1 Å². The lowest BCUT2D eigenvalue weighted by Crippen LogP contribution is -2.53. The average molecular weight is 306 g/mol. The summed E-state index contributed by atoms with van der Waals surface area (Å²) in [6.45, 7) is 5.42. The molecule has 3 heterocycles. The Hall–Kier alpha value is -1.69. The lowest BCUT2D eigenvalue weighted by molar-refractivity contribution is -0.144. The van der Waals surface area contributed by atoms with Crippen LogP contribution in [0.1, 0.15) is 49.4 Å². The van der Waals surface area contributed by atoms with Gasteiger partial charge in [0.1, 0.15) is 5.60 Å². The molecule has 0 saturated carbocycles. The van der Waals surface area contributed by atoms with E-state index in [0.29, 0.717) is 25.5 Å². The maximum atomic E-state index is 12.4. The molecule has 2 fully saturated rings. The lowest BCUT2D eigenvalue weighted by Gasteiger charge is -2.36. The van der Waals surface area contributed by atoms with E-state index in [1.54, 1.807) is 6.07 Å². The van der Waals surface area contributed by atoms with Crippen LogP contribution in [-0.4, -0.2) is 47.0 Å². The number of piperidine rings is 1. The molecule has 1 aromatic rings. The average Bonchev–Trinajstić information content (AvgIpc) is 3.11. The van der Waals surface area contributed by atoms with Crippen LogP contribution in [0.3, 0.4) is 0 Å². The largest absolute Gasteiger partial charge is 0.367 e. The van der Waals surface area contributed by atoms with Crippen LogP contribution in [0.25, 0.3) is 0 Å². The number of carbonyl (C=O) groups is 2. The molecule has 1 atom stereocenters. The van der Waals surface area contributed by atoms with Crippen molar-refractivity contribution in [3.8, 4) is 0 Å². The van der Waals surface area contributed by atoms with E-state index in [1.807, 2.05) is 0 Å². The second-order valence-corrected chi connectivity index (χ2v) is 6.63. The van der Waals surface area contributed by atoms with E-state index in [1.165, 1.54) is 4.90 Å². The molecule has 0 radical (unpaired) electrons. The smallest absolute Gasteiger partial charge is 0.292 e. The molecule has 1 spiro atoms. The molecule has 0 unspecified atom stereocenters. The molecular formula is C16H22N2O4. The number of Topliss-reactive ketones (excluding diaryl/α,β-unsaturated/α-hetero) is 1. The van der Waals surface area contributed by atoms with Gasteiger partial charge in [-0.3, -0.25) is 9.59 Å². The van der Waals surface area contributed by atoms with Crippen molar-refractivity contribution < 1.29 is 18.8 Å². The zero-order valence-electron chi connectivity index (χ0n) is 13.1. The SMILES string of the molecule is CC(C)Cc1cc(C(=O)N2CC[C@@]3(CCCO3)C(=O)C2)on1. The van der Waals surface area contributed by atoms with Crippen LogP contribution >= 0.6 is 0 Å². The van der Waals surface area contributed by atoms with E-state index in [9.17, 15) is 9.59 Å². The van der Waals surface area contributed by atoms with Gasteiger partial charge < -0.3 is 14.2 Å². The molecule has 0 aliphatic carbocycles. The molecule has 0 N–H and O–H groups in total. The molecule has 3 rings (SSSR count). The fraction of sp³-hybridized carbons (Fsp3) is 0.688. The summed E-state index contributed by atoms with van der Waals surface area (Å²) in [6.07, 6.45) is 3.03. The Morgan fingerprint density at radius 3 is 2.91 bits per heavy atom. The van der Waals surface area contributed by atoms with Crippen LogP contribution in [0, 0.1) is 5.92 Å². The fourth-order valence-corrected chi connectivity index (χ4v) is 3.22. The third kappa shape index (κ3) is 2.79. The maximum Gasteiger partial charge on any atom is 0.292 e. The third-order valence-electron chi connectivity index (χ3n) is 4.41. The van der Waals surface area contributed by atoms with Gasteiger partial charge in [-0.25, -0.2) is 0 Å². The number of nitrogens with zero attached hydrogens (tertiary/aromatic N) is 2. The summed E-state index contributed by atoms with van der Waals surface area (Å²) in [6, 6.07) is 1.68. The molecule has 2 saturated heterocycles. The molecule has 22 heavy (non-hydrogen) atoms. The number of ether oxygens (including phenoxy) is 1. The van der Waals surface area contributed by atoms with Crippen molar-refractivity contribution in [2.24, 2.45) is 5.92 Å². The van der Waals surface area contributed by atoms with Gasteiger partial charge in [-0.15, -0.1) is 0 Å². The second kappa shape index (κ2) is 5.83. The van der Waals surface area contributed by atoms with Crippen molar-refractivity contribution in [3.63, 3.8) is 0 Å². The van der Waals surface area contributed by atoms with Gasteiger partial charge in [-0.1, -0.05) is 19.0 Å². The van der Waals surface area contributed by atoms with Crippen molar-refractivity contribution in [2.45, 2.75) is 45.1 Å². The summed E-state index contributed by atoms with van der Waals surface area (Å²) in [4.78, 5) is 26.3. The summed E-state index contributed by atoms with van der Waals surface area (Å²) in [5.41, 5.74) is 0.137. The Labute approximate surface area is 129 Å². The van der Waals surface area contributed by atoms with Gasteiger partial charge in [0.25, 0.3) is 5.91 Å². The maximum absolute atomic E-state index is 12.4. The predicted molar refractivity (Wildman–Crippen MR) is 78.5 cm³/mol. The van der Waals surface area contributed by atoms with E-state index >= 15 is 0 Å². The Kier molecular flexibility index (Phi) is 4.04. The molecule has 2 aliphatic heterocycles. The summed E-state index contributed by atoms with van der Waals surface area (Å²) >= 11 is 0. The number of hydrogen-bond acceptors (Lipinski definition) is 5. The van der Waals surface area contributed by atoms with Gasteiger partial charge in [0.05, 0.1) is 12.2 Å². The molecule has 6 heteroatoms. The van der Waals surface area contributed by atoms with E-state index in [-0.39, 0.29) is 24.0 Å². The minimum absolute atomic E-state index is 0.00604. The van der Waals surface area contributed by atoms with Crippen molar-refractivity contribution in [2.75, 3.05) is 19.7 Å². The Morgan fingerprint density at radius 1 is 1.45 bits per heavy atom. The van der Waals surface area contributed by atoms with Gasteiger partial charge in [-0.2, -0.15) is 0 Å². The van der Waals surface area contributed by atoms with E-state index in [0.717, 1.165) is 25.0 Å². The predicted octanol–water partition coefficient (Wildman–Crippen LogP) is 1.84. The minimum Gasteiger partial charge on any atom is -0.367 e. The normalized spacial score (nSPS) is 25.4. The summed E-state index contributed by atoms with van der Waals surface area (Å²) in [5.74, 6) is 0.408. The molecule has 0 aromatic carbocycles. The first-order chi connectivity index (χ1) is 10.5. The van der Waals surface area contributed by atoms with Crippen molar-refractivity contribution in [1.29, 1.82) is 0 Å². The molecule has 1 aromatic heterocycles. The van der Waals surface area contributed by atoms with Crippen LogP contribution in [0.4, 0.5) is 0 Å². The number of hydrogen-bond donors (Lipinski definition) is 0. The van der Waals surface area contributed by atoms with Crippen LogP contribution in [0.2, 0.25) is 0 Å². The zero-order valence-corrected chi connectivity index (χ0v) is 13.1. The Balaban J connectivity index is 1.66. The van der Waals surface area contributed by atoms with Crippen LogP contribution in [-0.2, 0) is 16.0 Å². The monoisotopic (exact) mass is 306 g/mol. The highest BCUT2D eigenvalue weighted by atomic mass is 16.5. The quantitative estimate of drug-likeness (QED) is 0.852.